The second-order valence-electron chi connectivity index (χ2n) is 35.7. The summed E-state index contributed by atoms with van der Waals surface area (Å²) in [7, 11) is 0. The minimum absolute atomic E-state index is 0.0193. The Balaban J connectivity index is 0.000000205. The van der Waals surface area contributed by atoms with E-state index in [-0.39, 0.29) is 44.7 Å². The number of fused-ring (bicyclic) bond motifs is 1. The first-order chi connectivity index (χ1) is 47.8. The Morgan fingerprint density at radius 2 is 0.865 bits per heavy atom. The number of aryl methyl sites for hydroxylation is 1. The van der Waals surface area contributed by atoms with Gasteiger partial charge in [0.25, 0.3) is 0 Å². The zero-order valence-corrected chi connectivity index (χ0v) is 69.7. The van der Waals surface area contributed by atoms with Crippen LogP contribution >= 0.6 is 0 Å². The summed E-state index contributed by atoms with van der Waals surface area (Å²) in [5.74, 6) is 0. The third-order valence-electron chi connectivity index (χ3n) is 18.1. The summed E-state index contributed by atoms with van der Waals surface area (Å²) in [6, 6.07) is 49.8. The van der Waals surface area contributed by atoms with Crippen LogP contribution in [0.3, 0.4) is 0 Å². The van der Waals surface area contributed by atoms with E-state index in [1.165, 1.54) is 68.1 Å². The molecule has 10 rings (SSSR count). The molecule has 0 amide bonds. The van der Waals surface area contributed by atoms with Gasteiger partial charge in [-0.2, -0.15) is 46.2 Å². The van der Waals surface area contributed by atoms with Crippen molar-refractivity contribution in [3.63, 3.8) is 0 Å². The molecule has 0 saturated carbocycles. The summed E-state index contributed by atoms with van der Waals surface area (Å²) < 4.78 is 65.6. The van der Waals surface area contributed by atoms with Crippen LogP contribution in [-0.4, -0.2) is 41.0 Å². The van der Waals surface area contributed by atoms with E-state index in [1.54, 1.807) is 36.7 Å². The van der Waals surface area contributed by atoms with Crippen molar-refractivity contribution in [2.45, 2.75) is 303 Å². The standard InChI is InChI=1S/2C20H32N3.C19H23N2.C16H23N2.C14H21F3NO/c1-14(2)23-17(13-18(21-23)19(4,5)6)16-12-15(3)10-11-22(16)20(7,8)9;1-18(2,3)17-14-16(23(21-17)20(7,8)9)15-12-10-11-13-22(15)19(4,5)6;1-14(2)20-12-8-7-11-18(20)19-13-16-9-5-6-10-17(16)21(19)15(3)4;1-13(2)17-11-8-10-14(17)15-9-6-7-12-18(15)16(3,4)5;1-10(2)18-9-7-6-8-12(18)13(5,14(15,16)17)19-11(3)4/h2*10-14H,1-9H3;5-15H,1-4H3;6-13H,1-5H3;6-11H,1-5H3/q5*+1. The molecule has 104 heavy (non-hydrogen) atoms. The molecule has 0 aliphatic carbocycles. The number of ether oxygens (including phenoxy) is 1. The summed E-state index contributed by atoms with van der Waals surface area (Å²) in [6.07, 6.45) is 7.48. The number of hydrogen-bond acceptors (Lipinski definition) is 3. The van der Waals surface area contributed by atoms with Gasteiger partial charge >= 0.3 is 6.18 Å². The molecule has 1 unspecified atom stereocenters. The van der Waals surface area contributed by atoms with Crippen LogP contribution in [0.2, 0.25) is 0 Å². The van der Waals surface area contributed by atoms with Gasteiger partial charge in [-0.1, -0.05) is 59.7 Å². The fourth-order valence-corrected chi connectivity index (χ4v) is 12.8. The van der Waals surface area contributed by atoms with E-state index in [0.717, 1.165) is 18.3 Å². The van der Waals surface area contributed by atoms with Crippen molar-refractivity contribution in [2.75, 3.05) is 0 Å². The zero-order chi connectivity index (χ0) is 78.4. The van der Waals surface area contributed by atoms with Crippen molar-refractivity contribution in [1.82, 2.24) is 28.7 Å². The minimum Gasteiger partial charge on any atom is -0.354 e. The number of aromatic nitrogens is 11. The average Bonchev–Trinajstić information content (AvgIpc) is 1.77. The summed E-state index contributed by atoms with van der Waals surface area (Å²) in [5.41, 5.74) is 12.7. The van der Waals surface area contributed by atoms with Gasteiger partial charge in [-0.25, -0.2) is 0 Å². The molecule has 0 bridgehead atoms. The van der Waals surface area contributed by atoms with E-state index in [9.17, 15) is 13.2 Å². The van der Waals surface area contributed by atoms with Crippen LogP contribution in [0.25, 0.3) is 56.5 Å². The predicted molar refractivity (Wildman–Crippen MR) is 424 cm³/mol. The number of halogens is 3. The summed E-state index contributed by atoms with van der Waals surface area (Å²) in [5, 5.41) is 11.2. The Bertz CT molecular complexity index is 4410. The van der Waals surface area contributed by atoms with E-state index in [0.29, 0.717) is 24.2 Å². The fourth-order valence-electron chi connectivity index (χ4n) is 12.8. The number of benzene rings is 1. The Kier molecular flexibility index (Phi) is 27.1. The van der Waals surface area contributed by atoms with Gasteiger partial charge in [-0.3, -0.25) is 9.36 Å². The van der Waals surface area contributed by atoms with Crippen LogP contribution in [0.1, 0.15) is 267 Å². The molecule has 0 radical (unpaired) electrons. The lowest BCUT2D eigenvalue weighted by atomic mass is 9.92. The molecule has 9 aromatic heterocycles. The van der Waals surface area contributed by atoms with Gasteiger partial charge in [0.05, 0.1) is 23.0 Å². The van der Waals surface area contributed by atoms with Crippen LogP contribution in [-0.2, 0) is 43.3 Å². The van der Waals surface area contributed by atoms with Crippen molar-refractivity contribution in [3.05, 3.63) is 199 Å². The summed E-state index contributed by atoms with van der Waals surface area (Å²) in [6.45, 7) is 68.0. The number of para-hydroxylation sites is 1. The maximum Gasteiger partial charge on any atom is 0.427 e. The number of hydrogen-bond donors (Lipinski definition) is 0. The van der Waals surface area contributed by atoms with E-state index in [4.69, 9.17) is 14.9 Å². The number of alkyl halides is 3. The molecule has 0 saturated heterocycles. The Labute approximate surface area is 624 Å². The van der Waals surface area contributed by atoms with Crippen molar-refractivity contribution in [1.29, 1.82) is 0 Å². The third-order valence-corrected chi connectivity index (χ3v) is 18.1. The monoisotopic (exact) mass is 1430 g/mol. The van der Waals surface area contributed by atoms with Crippen molar-refractivity contribution in [3.8, 4) is 45.6 Å². The molecule has 0 spiro atoms. The smallest absolute Gasteiger partial charge is 0.354 e. The summed E-state index contributed by atoms with van der Waals surface area (Å²) in [4.78, 5) is 0. The van der Waals surface area contributed by atoms with Gasteiger partial charge in [0.15, 0.2) is 59.7 Å². The maximum absolute atomic E-state index is 13.5. The molecule has 10 aromatic rings. The van der Waals surface area contributed by atoms with E-state index in [2.05, 4.69) is 376 Å². The molecule has 1 aromatic carbocycles. The lowest BCUT2D eigenvalue weighted by Gasteiger charge is -2.32. The highest BCUT2D eigenvalue weighted by Gasteiger charge is 2.59. The zero-order valence-electron chi connectivity index (χ0n) is 69.7. The van der Waals surface area contributed by atoms with Gasteiger partial charge < -0.3 is 13.9 Å². The highest BCUT2D eigenvalue weighted by Crippen LogP contribution is 2.42. The summed E-state index contributed by atoms with van der Waals surface area (Å²) >= 11 is 0. The van der Waals surface area contributed by atoms with Gasteiger partial charge in [-0.15, -0.1) is 0 Å². The lowest BCUT2D eigenvalue weighted by molar-refractivity contribution is -0.744. The third kappa shape index (κ3) is 20.7. The topological polar surface area (TPSA) is 74.1 Å². The quantitative estimate of drug-likeness (QED) is 0.114. The number of rotatable bonds is 12. The van der Waals surface area contributed by atoms with Crippen LogP contribution in [0, 0.1) is 6.92 Å². The van der Waals surface area contributed by atoms with E-state index < -0.39 is 17.9 Å². The molecule has 0 aliphatic rings. The number of nitrogens with zero attached hydrogens (tertiary/aromatic N) is 11. The predicted octanol–water partition coefficient (Wildman–Crippen LogP) is 21.7. The average molecular weight is 1430 g/mol. The minimum atomic E-state index is -4.48. The van der Waals surface area contributed by atoms with Crippen molar-refractivity contribution < 1.29 is 40.7 Å². The van der Waals surface area contributed by atoms with Crippen molar-refractivity contribution in [2.24, 2.45) is 0 Å². The molecule has 1 atom stereocenters. The van der Waals surface area contributed by atoms with Crippen LogP contribution < -0.4 is 22.8 Å². The second-order valence-corrected chi connectivity index (χ2v) is 35.7. The first kappa shape index (κ1) is 84.9. The SMILES string of the molecule is CC(C)(C)c1cc(-c2cccc[n+]2C(C)(C)C)n(C(C)(C)C)n1.CC(C)OC(C)(c1cccc[n+]1C(C)C)C(F)(F)F.CC(C)n1c(-c2cccc[n+]2C(C)C)cc2ccccc21.CC(C)n1cccc1-c1cccc[n+]1C(C)(C)C.Cc1cc[n+](C(C)(C)C)c(-c2cc(C(C)(C)C)nn2C(C)C)c1. The Hall–Kier alpha value is -8.04. The Morgan fingerprint density at radius 3 is 1.34 bits per heavy atom. The lowest BCUT2D eigenvalue weighted by Crippen LogP contribution is -2.54. The molecule has 9 heterocycles. The first-order valence-electron chi connectivity index (χ1n) is 37.6. The van der Waals surface area contributed by atoms with Gasteiger partial charge in [0, 0.05) is 169 Å². The molecule has 15 heteroatoms. The van der Waals surface area contributed by atoms with E-state index >= 15 is 0 Å². The molecule has 0 N–H and O–H groups in total. The van der Waals surface area contributed by atoms with Crippen LogP contribution in [0.4, 0.5) is 13.2 Å². The molecule has 12 nitrogen and oxygen atoms in total. The van der Waals surface area contributed by atoms with Crippen LogP contribution in [0.15, 0.2) is 177 Å². The van der Waals surface area contributed by atoms with Crippen molar-refractivity contribution >= 4 is 10.9 Å². The van der Waals surface area contributed by atoms with Crippen LogP contribution in [0.5, 0.6) is 0 Å². The molecule has 564 valence electrons. The largest absolute Gasteiger partial charge is 0.427 e. The molecule has 0 aliphatic heterocycles. The maximum atomic E-state index is 13.5. The second kappa shape index (κ2) is 33.2. The van der Waals surface area contributed by atoms with Gasteiger partial charge in [-0.05, 0) is 184 Å². The van der Waals surface area contributed by atoms with Gasteiger partial charge in [0.2, 0.25) is 34.1 Å². The molecular weight excluding hydrogens is 1300 g/mol. The molecule has 0 fully saturated rings. The highest BCUT2D eigenvalue weighted by atomic mass is 19.4. The van der Waals surface area contributed by atoms with Gasteiger partial charge in [0.1, 0.15) is 22.8 Å². The highest BCUT2D eigenvalue weighted by molar-refractivity contribution is 5.86. The first-order valence-corrected chi connectivity index (χ1v) is 37.6. The van der Waals surface area contributed by atoms with E-state index in [1.807, 2.05) is 13.8 Å². The fraction of sp³-hybridized carbons (Fsp3) is 0.517. The Morgan fingerprint density at radius 1 is 0.404 bits per heavy atom. The normalized spacial score (nSPS) is 13.2. The molecular formula is C89H131F3N11O+5. The number of pyridine rings is 5.